The van der Waals surface area contributed by atoms with E-state index >= 15 is 0 Å². The van der Waals surface area contributed by atoms with Crippen LogP contribution < -0.4 is 0 Å². The lowest BCUT2D eigenvalue weighted by atomic mass is 9.43. The van der Waals surface area contributed by atoms with Crippen molar-refractivity contribution in [3.63, 3.8) is 0 Å². The van der Waals surface area contributed by atoms with Gasteiger partial charge in [-0.05, 0) is 57.4 Å². The molecule has 5 heteroatoms. The van der Waals surface area contributed by atoms with Crippen LogP contribution in [-0.2, 0) is 23.9 Å². The summed E-state index contributed by atoms with van der Waals surface area (Å²) < 4.78 is 11.9. The molecule has 1 aliphatic heterocycles. The molecular weight excluding hydrogens is 392 g/mol. The van der Waals surface area contributed by atoms with Crippen molar-refractivity contribution in [3.8, 4) is 0 Å². The molecule has 3 aliphatic carbocycles. The number of carbonyl (C=O) groups is 3. The zero-order valence-electron chi connectivity index (χ0n) is 20.2. The van der Waals surface area contributed by atoms with Crippen molar-refractivity contribution in [2.24, 2.45) is 28.1 Å². The number of rotatable bonds is 1. The van der Waals surface area contributed by atoms with Gasteiger partial charge < -0.3 is 9.47 Å². The van der Waals surface area contributed by atoms with E-state index in [4.69, 9.17) is 9.47 Å². The van der Waals surface area contributed by atoms with Crippen LogP contribution in [-0.4, -0.2) is 30.2 Å². The van der Waals surface area contributed by atoms with Gasteiger partial charge in [-0.15, -0.1) is 0 Å². The summed E-state index contributed by atoms with van der Waals surface area (Å²) in [5.74, 6) is 0.695. The van der Waals surface area contributed by atoms with E-state index in [1.165, 1.54) is 7.11 Å². The third kappa shape index (κ3) is 2.52. The molecule has 0 aromatic rings. The van der Waals surface area contributed by atoms with Crippen LogP contribution >= 0.6 is 0 Å². The first-order valence-electron chi connectivity index (χ1n) is 11.6. The summed E-state index contributed by atoms with van der Waals surface area (Å²) in [7, 11) is 1.31. The van der Waals surface area contributed by atoms with Crippen LogP contribution in [0.3, 0.4) is 0 Å². The summed E-state index contributed by atoms with van der Waals surface area (Å²) in [4.78, 5) is 38.5. The number of hydrogen-bond acceptors (Lipinski definition) is 5. The van der Waals surface area contributed by atoms with E-state index in [0.717, 1.165) is 24.8 Å². The van der Waals surface area contributed by atoms with Gasteiger partial charge in [-0.2, -0.15) is 0 Å². The number of ketones is 2. The molecule has 0 amide bonds. The lowest BCUT2D eigenvalue weighted by molar-refractivity contribution is -0.202. The summed E-state index contributed by atoms with van der Waals surface area (Å²) in [5.41, 5.74) is -0.195. The van der Waals surface area contributed by atoms with Crippen LogP contribution in [0.15, 0.2) is 22.5 Å². The van der Waals surface area contributed by atoms with Crippen molar-refractivity contribution in [2.75, 3.05) is 7.11 Å². The van der Waals surface area contributed by atoms with Crippen molar-refractivity contribution in [1.82, 2.24) is 0 Å². The maximum atomic E-state index is 13.1. The maximum absolute atomic E-state index is 13.1. The number of methoxy groups -OCH3 is 1. The van der Waals surface area contributed by atoms with E-state index in [1.54, 1.807) is 6.92 Å². The molecule has 0 unspecified atom stereocenters. The van der Waals surface area contributed by atoms with Crippen molar-refractivity contribution < 1.29 is 23.9 Å². The number of ether oxygens (including phenoxy) is 2. The van der Waals surface area contributed by atoms with E-state index in [1.807, 2.05) is 6.92 Å². The summed E-state index contributed by atoms with van der Waals surface area (Å²) in [6.45, 7) is 14.5. The third-order valence-electron chi connectivity index (χ3n) is 9.78. The molecule has 4 rings (SSSR count). The van der Waals surface area contributed by atoms with Crippen LogP contribution in [0.25, 0.3) is 0 Å². The fraction of sp³-hybridized carbons (Fsp3) is 0.731. The highest BCUT2D eigenvalue weighted by Crippen LogP contribution is 2.70. The van der Waals surface area contributed by atoms with Crippen LogP contribution in [0.5, 0.6) is 0 Å². The number of carbonyl (C=O) groups excluding carboxylic acids is 3. The molecule has 4 aliphatic rings. The minimum absolute atomic E-state index is 0.149. The first-order chi connectivity index (χ1) is 14.3. The second-order valence-electron chi connectivity index (χ2n) is 11.4. The van der Waals surface area contributed by atoms with Crippen LogP contribution in [0.1, 0.15) is 80.6 Å². The molecule has 3 fully saturated rings. The average Bonchev–Trinajstić information content (AvgIpc) is 3.04. The van der Waals surface area contributed by atoms with Crippen LogP contribution in [0.4, 0.5) is 0 Å². The molecule has 0 bridgehead atoms. The summed E-state index contributed by atoms with van der Waals surface area (Å²) >= 11 is 0. The first-order valence-corrected chi connectivity index (χ1v) is 11.6. The predicted octanol–water partition coefficient (Wildman–Crippen LogP) is 4.94. The van der Waals surface area contributed by atoms with Gasteiger partial charge >= 0.3 is 5.97 Å². The van der Waals surface area contributed by atoms with Crippen LogP contribution in [0.2, 0.25) is 0 Å². The van der Waals surface area contributed by atoms with Gasteiger partial charge in [0.1, 0.15) is 22.7 Å². The lowest BCUT2D eigenvalue weighted by Crippen LogP contribution is -2.64. The maximum Gasteiger partial charge on any atom is 0.341 e. The molecule has 0 aromatic heterocycles. The van der Waals surface area contributed by atoms with E-state index in [-0.39, 0.29) is 34.0 Å². The summed E-state index contributed by atoms with van der Waals surface area (Å²) in [5, 5.41) is 0. The van der Waals surface area contributed by atoms with E-state index in [9.17, 15) is 14.4 Å². The van der Waals surface area contributed by atoms with Gasteiger partial charge in [-0.3, -0.25) is 9.59 Å². The van der Waals surface area contributed by atoms with Crippen LogP contribution in [0, 0.1) is 28.1 Å². The highest BCUT2D eigenvalue weighted by molar-refractivity contribution is 6.25. The molecule has 1 heterocycles. The molecule has 1 saturated heterocycles. The van der Waals surface area contributed by atoms with Crippen molar-refractivity contribution in [3.05, 3.63) is 22.5 Å². The number of fused-ring (bicyclic) bond motifs is 3. The Hall–Kier alpha value is -1.91. The zero-order chi connectivity index (χ0) is 23.1. The average molecular weight is 429 g/mol. The van der Waals surface area contributed by atoms with Crippen molar-refractivity contribution >= 4 is 17.5 Å². The van der Waals surface area contributed by atoms with E-state index in [2.05, 4.69) is 34.6 Å². The smallest absolute Gasteiger partial charge is 0.341 e. The standard InChI is InChI=1S/C26H36O5/c1-14-9-10-17-23(4,5)18(27)11-12-25(17,7)26(14)13-24(6)16(3)19(22(29)30-8)20(28)15(2)21(24)31-26/h14,17H,9-13H2,1-8H3/t14-,17-,24+,25-,26-/m0/s1. The van der Waals surface area contributed by atoms with Gasteiger partial charge in [0.05, 0.1) is 12.5 Å². The van der Waals surface area contributed by atoms with Gasteiger partial charge in [0.2, 0.25) is 0 Å². The molecule has 5 nitrogen and oxygen atoms in total. The monoisotopic (exact) mass is 428 g/mol. The molecule has 5 atom stereocenters. The molecule has 31 heavy (non-hydrogen) atoms. The van der Waals surface area contributed by atoms with Crippen molar-refractivity contribution in [2.45, 2.75) is 86.2 Å². The Morgan fingerprint density at radius 2 is 1.74 bits per heavy atom. The Bertz CT molecular complexity index is 953. The Kier molecular flexibility index (Phi) is 4.71. The fourth-order valence-corrected chi connectivity index (χ4v) is 7.67. The topological polar surface area (TPSA) is 69.7 Å². The van der Waals surface area contributed by atoms with Crippen molar-refractivity contribution in [1.29, 1.82) is 0 Å². The highest BCUT2D eigenvalue weighted by Gasteiger charge is 2.70. The Morgan fingerprint density at radius 1 is 1.10 bits per heavy atom. The van der Waals surface area contributed by atoms with Gasteiger partial charge in [0, 0.05) is 29.2 Å². The number of allylic oxidation sites excluding steroid dienone is 2. The van der Waals surface area contributed by atoms with Gasteiger partial charge in [-0.25, -0.2) is 4.79 Å². The summed E-state index contributed by atoms with van der Waals surface area (Å²) in [6.07, 6.45) is 4.07. The summed E-state index contributed by atoms with van der Waals surface area (Å²) in [6, 6.07) is 0. The molecule has 0 N–H and O–H groups in total. The molecule has 2 saturated carbocycles. The molecule has 1 spiro atoms. The Balaban J connectivity index is 1.90. The lowest BCUT2D eigenvalue weighted by Gasteiger charge is -2.62. The molecule has 170 valence electrons. The largest absolute Gasteiger partial charge is 0.489 e. The van der Waals surface area contributed by atoms with Gasteiger partial charge in [-0.1, -0.05) is 27.7 Å². The normalized spacial score (nSPS) is 41.8. The second-order valence-corrected chi connectivity index (χ2v) is 11.4. The molecule has 0 radical (unpaired) electrons. The first kappa shape index (κ1) is 22.3. The predicted molar refractivity (Wildman–Crippen MR) is 117 cm³/mol. The number of hydrogen-bond donors (Lipinski definition) is 0. The minimum Gasteiger partial charge on any atom is -0.489 e. The minimum atomic E-state index is -0.576. The fourth-order valence-electron chi connectivity index (χ4n) is 7.67. The number of Topliss-reactive ketones (excluding diaryl/α,β-unsaturated/α-hetero) is 2. The Labute approximate surface area is 185 Å². The highest BCUT2D eigenvalue weighted by atomic mass is 16.5. The third-order valence-corrected chi connectivity index (χ3v) is 9.78. The second kappa shape index (κ2) is 6.55. The van der Waals surface area contributed by atoms with Gasteiger partial charge in [0.15, 0.2) is 5.78 Å². The van der Waals surface area contributed by atoms with E-state index < -0.39 is 17.0 Å². The van der Waals surface area contributed by atoms with E-state index in [0.29, 0.717) is 30.0 Å². The molecule has 0 aromatic carbocycles. The van der Waals surface area contributed by atoms with Gasteiger partial charge in [0.25, 0.3) is 0 Å². The number of esters is 1. The molecular formula is C26H36O5. The quantitative estimate of drug-likeness (QED) is 0.437. The zero-order valence-corrected chi connectivity index (χ0v) is 20.2. The Morgan fingerprint density at radius 3 is 2.35 bits per heavy atom. The SMILES string of the molecule is COC(=O)C1=C(C)[C@@]2(C)C[C@]3(OC2=C(C)C1=O)[C@@H](C)CC[C@H]1C(C)(C)C(=O)CC[C@@]13C.